The second kappa shape index (κ2) is 4.30. The van der Waals surface area contributed by atoms with Gasteiger partial charge in [-0.15, -0.1) is 0 Å². The molecule has 1 saturated heterocycles. The van der Waals surface area contributed by atoms with E-state index in [1.807, 2.05) is 4.90 Å². The summed E-state index contributed by atoms with van der Waals surface area (Å²) in [5.41, 5.74) is 7.08. The Balaban J connectivity index is 1.43. The SMILES string of the molecule is CC12CC3CC(C1)CC([C@H](N)C(=O)N1[C@H](C#N)C[C@@H]4C[C@@H]41)(C3)C2. The molecule has 0 radical (unpaired) electrons. The fraction of sp³-hybridized carbons (Fsp3) is 0.895. The summed E-state index contributed by atoms with van der Waals surface area (Å²) in [6.07, 6.45) is 9.40. The van der Waals surface area contributed by atoms with Crippen LogP contribution in [0.4, 0.5) is 0 Å². The van der Waals surface area contributed by atoms with Crippen molar-refractivity contribution >= 4 is 5.91 Å². The molecule has 4 heteroatoms. The monoisotopic (exact) mass is 313 g/mol. The summed E-state index contributed by atoms with van der Waals surface area (Å²) in [4.78, 5) is 15.1. The Bertz CT molecular complexity index is 594. The number of carbonyl (C=O) groups is 1. The lowest BCUT2D eigenvalue weighted by atomic mass is 9.43. The number of rotatable bonds is 2. The topological polar surface area (TPSA) is 70.1 Å². The number of carbonyl (C=O) groups excluding carboxylic acids is 1. The zero-order valence-corrected chi connectivity index (χ0v) is 14.0. The van der Waals surface area contributed by atoms with Gasteiger partial charge in [0.15, 0.2) is 0 Å². The average molecular weight is 313 g/mol. The number of nitriles is 1. The lowest BCUT2D eigenvalue weighted by Gasteiger charge is -2.62. The molecule has 1 amide bonds. The highest BCUT2D eigenvalue weighted by Gasteiger charge is 2.61. The Hall–Kier alpha value is -1.08. The molecule has 0 spiro atoms. The summed E-state index contributed by atoms with van der Waals surface area (Å²) >= 11 is 0. The zero-order chi connectivity index (χ0) is 16.0. The molecule has 6 fully saturated rings. The van der Waals surface area contributed by atoms with Gasteiger partial charge < -0.3 is 10.6 Å². The largest absolute Gasteiger partial charge is 0.322 e. The van der Waals surface area contributed by atoms with Gasteiger partial charge >= 0.3 is 0 Å². The third-order valence-corrected chi connectivity index (χ3v) is 7.83. The third-order valence-electron chi connectivity index (χ3n) is 7.83. The molecule has 6 aliphatic rings. The molecule has 5 saturated carbocycles. The van der Waals surface area contributed by atoms with Crippen LogP contribution in [0.3, 0.4) is 0 Å². The minimum atomic E-state index is -0.386. The van der Waals surface area contributed by atoms with Crippen LogP contribution in [0.2, 0.25) is 0 Å². The maximum absolute atomic E-state index is 13.2. The normalized spacial score (nSPS) is 53.8. The van der Waals surface area contributed by atoms with Crippen LogP contribution in [-0.4, -0.2) is 28.9 Å². The van der Waals surface area contributed by atoms with E-state index in [1.54, 1.807) is 0 Å². The molecule has 6 rings (SSSR count). The molecule has 124 valence electrons. The fourth-order valence-electron chi connectivity index (χ4n) is 7.47. The van der Waals surface area contributed by atoms with Gasteiger partial charge in [-0.3, -0.25) is 4.79 Å². The van der Waals surface area contributed by atoms with E-state index in [2.05, 4.69) is 13.0 Å². The van der Waals surface area contributed by atoms with Gasteiger partial charge in [0, 0.05) is 6.04 Å². The molecule has 0 aromatic carbocycles. The highest BCUT2D eigenvalue weighted by molar-refractivity contribution is 5.84. The Morgan fingerprint density at radius 2 is 1.91 bits per heavy atom. The lowest BCUT2D eigenvalue weighted by Crippen LogP contribution is -2.62. The molecule has 1 heterocycles. The molecular formula is C19H27N3O. The van der Waals surface area contributed by atoms with Gasteiger partial charge in [-0.2, -0.15) is 5.26 Å². The number of nitrogens with zero attached hydrogens (tertiary/aromatic N) is 2. The van der Waals surface area contributed by atoms with E-state index in [9.17, 15) is 10.1 Å². The van der Waals surface area contributed by atoms with E-state index in [0.29, 0.717) is 17.4 Å². The number of likely N-dealkylation sites (tertiary alicyclic amines) is 1. The molecule has 5 aliphatic carbocycles. The van der Waals surface area contributed by atoms with Crippen molar-refractivity contribution in [1.29, 1.82) is 5.26 Å². The molecule has 1 aliphatic heterocycles. The van der Waals surface area contributed by atoms with Crippen molar-refractivity contribution in [3.05, 3.63) is 0 Å². The van der Waals surface area contributed by atoms with Crippen molar-refractivity contribution in [1.82, 2.24) is 4.90 Å². The molecule has 6 atom stereocenters. The first-order chi connectivity index (χ1) is 10.9. The van der Waals surface area contributed by atoms with Gasteiger partial charge in [0.1, 0.15) is 6.04 Å². The average Bonchev–Trinajstić information content (AvgIpc) is 3.14. The smallest absolute Gasteiger partial charge is 0.241 e. The maximum atomic E-state index is 13.2. The molecule has 23 heavy (non-hydrogen) atoms. The predicted molar refractivity (Wildman–Crippen MR) is 86.0 cm³/mol. The van der Waals surface area contributed by atoms with E-state index in [-0.39, 0.29) is 23.4 Å². The van der Waals surface area contributed by atoms with Crippen LogP contribution in [0.1, 0.15) is 58.3 Å². The molecule has 2 N–H and O–H groups in total. The molecule has 0 aromatic heterocycles. The quantitative estimate of drug-likeness (QED) is 0.851. The first-order valence-electron chi connectivity index (χ1n) is 9.40. The Morgan fingerprint density at radius 3 is 2.52 bits per heavy atom. The van der Waals surface area contributed by atoms with Crippen LogP contribution >= 0.6 is 0 Å². The van der Waals surface area contributed by atoms with Gasteiger partial charge in [0.2, 0.25) is 5.91 Å². The molecular weight excluding hydrogens is 286 g/mol. The summed E-state index contributed by atoms with van der Waals surface area (Å²) in [6, 6.07) is 2.06. The van der Waals surface area contributed by atoms with Gasteiger partial charge in [-0.25, -0.2) is 0 Å². The third kappa shape index (κ3) is 1.89. The van der Waals surface area contributed by atoms with Crippen LogP contribution < -0.4 is 5.73 Å². The van der Waals surface area contributed by atoms with Crippen LogP contribution in [-0.2, 0) is 4.79 Å². The van der Waals surface area contributed by atoms with E-state index >= 15 is 0 Å². The summed E-state index contributed by atoms with van der Waals surface area (Å²) in [5.74, 6) is 2.22. The molecule has 4 nitrogen and oxygen atoms in total. The standard InChI is InChI=1S/C19H27N3O/c1-18-5-11-2-12(6-18)8-19(7-11,10-18)16(21)17(23)22-14(9-20)3-13-4-15(13)22/h11-16H,2-8,10,21H2,1H3/t11?,12?,13-,14+,15+,16-,18?,19?/m1/s1. The highest BCUT2D eigenvalue weighted by atomic mass is 16.2. The van der Waals surface area contributed by atoms with Crippen LogP contribution in [0.25, 0.3) is 0 Å². The maximum Gasteiger partial charge on any atom is 0.241 e. The van der Waals surface area contributed by atoms with Crippen molar-refractivity contribution in [3.8, 4) is 6.07 Å². The number of nitrogens with two attached hydrogens (primary N) is 1. The summed E-state index contributed by atoms with van der Waals surface area (Å²) in [7, 11) is 0. The lowest BCUT2D eigenvalue weighted by molar-refractivity contribution is -0.150. The minimum absolute atomic E-state index is 0.0168. The van der Waals surface area contributed by atoms with E-state index < -0.39 is 0 Å². The minimum Gasteiger partial charge on any atom is -0.322 e. The van der Waals surface area contributed by atoms with Crippen molar-refractivity contribution in [3.63, 3.8) is 0 Å². The fourth-order valence-corrected chi connectivity index (χ4v) is 7.47. The zero-order valence-electron chi connectivity index (χ0n) is 14.0. The second-order valence-electron chi connectivity index (χ2n) is 9.80. The van der Waals surface area contributed by atoms with Crippen LogP contribution in [0, 0.1) is 39.9 Å². The first-order valence-corrected chi connectivity index (χ1v) is 9.40. The summed E-state index contributed by atoms with van der Waals surface area (Å²) in [6.45, 7) is 2.42. The van der Waals surface area contributed by atoms with Gasteiger partial charge in [0.25, 0.3) is 0 Å². The predicted octanol–water partition coefficient (Wildman–Crippen LogP) is 2.43. The van der Waals surface area contributed by atoms with E-state index in [0.717, 1.165) is 43.9 Å². The van der Waals surface area contributed by atoms with Crippen molar-refractivity contribution < 1.29 is 4.79 Å². The Morgan fingerprint density at radius 1 is 1.22 bits per heavy atom. The second-order valence-corrected chi connectivity index (χ2v) is 9.80. The molecule has 2 unspecified atom stereocenters. The number of amides is 1. The van der Waals surface area contributed by atoms with Crippen molar-refractivity contribution in [2.45, 2.75) is 76.4 Å². The highest BCUT2D eigenvalue weighted by Crippen LogP contribution is 2.66. The van der Waals surface area contributed by atoms with Crippen molar-refractivity contribution in [2.75, 3.05) is 0 Å². The number of fused-ring (bicyclic) bond motifs is 1. The number of hydrogen-bond acceptors (Lipinski definition) is 3. The molecule has 4 bridgehead atoms. The number of hydrogen-bond donors (Lipinski definition) is 1. The Kier molecular flexibility index (Phi) is 2.67. The number of piperidine rings is 1. The molecule has 0 aromatic rings. The van der Waals surface area contributed by atoms with Crippen LogP contribution in [0.15, 0.2) is 0 Å². The van der Waals surface area contributed by atoms with Gasteiger partial charge in [-0.05, 0) is 80.0 Å². The van der Waals surface area contributed by atoms with Crippen LogP contribution in [0.5, 0.6) is 0 Å². The summed E-state index contributed by atoms with van der Waals surface area (Å²) in [5, 5.41) is 9.40. The van der Waals surface area contributed by atoms with Gasteiger partial charge in [-0.1, -0.05) is 6.92 Å². The summed E-state index contributed by atoms with van der Waals surface area (Å²) < 4.78 is 0. The first kappa shape index (κ1) is 14.3. The van der Waals surface area contributed by atoms with E-state index in [4.69, 9.17) is 5.73 Å². The Labute approximate surface area is 138 Å². The van der Waals surface area contributed by atoms with Crippen molar-refractivity contribution in [2.24, 2.45) is 34.3 Å². The van der Waals surface area contributed by atoms with Gasteiger partial charge in [0.05, 0.1) is 12.1 Å². The van der Waals surface area contributed by atoms with E-state index in [1.165, 1.54) is 19.3 Å².